The number of aromatic nitrogens is 1. The summed E-state index contributed by atoms with van der Waals surface area (Å²) in [6.07, 6.45) is 11.4. The lowest BCUT2D eigenvalue weighted by Gasteiger charge is -2.43. The number of piperidine rings is 1. The van der Waals surface area contributed by atoms with Crippen LogP contribution in [0.1, 0.15) is 71.3 Å². The van der Waals surface area contributed by atoms with Gasteiger partial charge in [0.25, 0.3) is 5.91 Å². The van der Waals surface area contributed by atoms with Crippen LogP contribution < -0.4 is 0 Å². The van der Waals surface area contributed by atoms with Crippen LogP contribution in [0, 0.1) is 5.41 Å². The monoisotopic (exact) mass is 496 g/mol. The lowest BCUT2D eigenvalue weighted by Crippen LogP contribution is -2.57. The highest BCUT2D eigenvalue weighted by molar-refractivity contribution is 6.07. The number of pyridine rings is 1. The second kappa shape index (κ2) is 11.4. The smallest absolute Gasteiger partial charge is 0.327 e. The number of carbonyl (C=O) groups excluding carboxylic acids is 2. The van der Waals surface area contributed by atoms with E-state index in [9.17, 15) is 9.59 Å². The third-order valence-corrected chi connectivity index (χ3v) is 8.76. The maximum absolute atomic E-state index is 13.7. The van der Waals surface area contributed by atoms with Crippen molar-refractivity contribution in [3.05, 3.63) is 41.2 Å². The van der Waals surface area contributed by atoms with Gasteiger partial charge >= 0.3 is 6.03 Å². The maximum Gasteiger partial charge on any atom is 0.327 e. The minimum atomic E-state index is -0.723. The number of urea groups is 1. The summed E-state index contributed by atoms with van der Waals surface area (Å²) in [5.41, 5.74) is 3.90. The van der Waals surface area contributed by atoms with Crippen LogP contribution in [0.5, 0.6) is 0 Å². The molecule has 2 aliphatic heterocycles. The van der Waals surface area contributed by atoms with Gasteiger partial charge in [0.1, 0.15) is 5.54 Å². The second-order valence-corrected chi connectivity index (χ2v) is 11.5. The number of ether oxygens (including phenoxy) is 1. The van der Waals surface area contributed by atoms with Crippen LogP contribution in [0.3, 0.4) is 0 Å². The first-order valence-corrected chi connectivity index (χ1v) is 13.7. The van der Waals surface area contributed by atoms with E-state index in [-0.39, 0.29) is 11.9 Å². The van der Waals surface area contributed by atoms with Gasteiger partial charge in [-0.15, -0.1) is 0 Å². The minimum Gasteiger partial charge on any atom is -0.383 e. The molecule has 0 unspecified atom stereocenters. The van der Waals surface area contributed by atoms with Crippen molar-refractivity contribution in [3.63, 3.8) is 0 Å². The number of likely N-dealkylation sites (tertiary alicyclic amines) is 1. The van der Waals surface area contributed by atoms with Crippen molar-refractivity contribution < 1.29 is 14.3 Å². The molecule has 3 aliphatic rings. The predicted molar refractivity (Wildman–Crippen MR) is 142 cm³/mol. The first-order chi connectivity index (χ1) is 17.3. The van der Waals surface area contributed by atoms with Crippen LogP contribution in [-0.4, -0.2) is 83.6 Å². The molecule has 0 N–H and O–H groups in total. The number of amides is 3. The molecule has 1 spiro atoms. The van der Waals surface area contributed by atoms with E-state index >= 15 is 0 Å². The van der Waals surface area contributed by atoms with E-state index in [4.69, 9.17) is 4.74 Å². The summed E-state index contributed by atoms with van der Waals surface area (Å²) in [6.45, 7) is 11.1. The Labute approximate surface area is 216 Å². The molecule has 0 atom stereocenters. The Morgan fingerprint density at radius 1 is 1.06 bits per heavy atom. The summed E-state index contributed by atoms with van der Waals surface area (Å²) in [6, 6.07) is 3.81. The molecule has 2 fully saturated rings. The number of imide groups is 1. The molecule has 1 aliphatic carbocycles. The molecule has 0 bridgehead atoms. The molecule has 3 heterocycles. The molecule has 0 aromatic carbocycles. The molecule has 7 nitrogen and oxygen atoms in total. The predicted octanol–water partition coefficient (Wildman–Crippen LogP) is 4.68. The molecule has 36 heavy (non-hydrogen) atoms. The van der Waals surface area contributed by atoms with Crippen LogP contribution in [-0.2, 0) is 16.0 Å². The lowest BCUT2D eigenvalue weighted by atomic mass is 9.71. The number of carbonyl (C=O) groups is 2. The van der Waals surface area contributed by atoms with E-state index in [1.54, 1.807) is 24.5 Å². The van der Waals surface area contributed by atoms with Crippen LogP contribution >= 0.6 is 0 Å². The number of rotatable bonds is 10. The molecule has 0 saturated carbocycles. The molecule has 2 saturated heterocycles. The highest BCUT2D eigenvalue weighted by Gasteiger charge is 2.57. The van der Waals surface area contributed by atoms with Crippen molar-refractivity contribution in [3.8, 4) is 0 Å². The van der Waals surface area contributed by atoms with Crippen LogP contribution in [0.2, 0.25) is 0 Å². The highest BCUT2D eigenvalue weighted by atomic mass is 16.5. The first-order valence-electron chi connectivity index (χ1n) is 13.7. The fourth-order valence-electron chi connectivity index (χ4n) is 6.59. The summed E-state index contributed by atoms with van der Waals surface area (Å²) in [7, 11) is 1.65. The average Bonchev–Trinajstić information content (AvgIpc) is 3.04. The molecule has 4 rings (SSSR count). The van der Waals surface area contributed by atoms with E-state index < -0.39 is 5.54 Å². The van der Waals surface area contributed by atoms with E-state index in [1.807, 2.05) is 23.2 Å². The number of aryl methyl sites for hydroxylation is 1. The van der Waals surface area contributed by atoms with Gasteiger partial charge in [-0.05, 0) is 75.3 Å². The number of allylic oxidation sites excluding steroid dienone is 1. The molecular weight excluding hydrogens is 452 g/mol. The van der Waals surface area contributed by atoms with Crippen LogP contribution in [0.4, 0.5) is 4.79 Å². The fraction of sp³-hybridized carbons (Fsp3) is 0.690. The number of methoxy groups -OCH3 is 1. The van der Waals surface area contributed by atoms with Crippen molar-refractivity contribution in [1.82, 2.24) is 19.7 Å². The van der Waals surface area contributed by atoms with E-state index in [0.717, 1.165) is 44.5 Å². The first kappa shape index (κ1) is 26.8. The SMILES string of the molecule is COCCN1C(=O)N(CCCc2cccnc2)C(=O)C12CCN(CCC1=C(C)CCCC1(C)C)CC2. The van der Waals surface area contributed by atoms with Gasteiger partial charge < -0.3 is 14.5 Å². The normalized spacial score (nSPS) is 22.2. The van der Waals surface area contributed by atoms with Gasteiger partial charge in [0.15, 0.2) is 0 Å². The third-order valence-electron chi connectivity index (χ3n) is 8.76. The van der Waals surface area contributed by atoms with Gasteiger partial charge in [-0.25, -0.2) is 4.79 Å². The zero-order valence-electron chi connectivity index (χ0n) is 22.7. The summed E-state index contributed by atoms with van der Waals surface area (Å²) >= 11 is 0. The Morgan fingerprint density at radius 2 is 1.83 bits per heavy atom. The average molecular weight is 497 g/mol. The van der Waals surface area contributed by atoms with Gasteiger partial charge in [0.05, 0.1) is 6.61 Å². The van der Waals surface area contributed by atoms with Gasteiger partial charge in [-0.3, -0.25) is 14.7 Å². The minimum absolute atomic E-state index is 0.0126. The molecule has 7 heteroatoms. The lowest BCUT2D eigenvalue weighted by molar-refractivity contribution is -0.135. The van der Waals surface area contributed by atoms with Crippen molar-refractivity contribution in [1.29, 1.82) is 0 Å². The molecule has 198 valence electrons. The summed E-state index contributed by atoms with van der Waals surface area (Å²) in [4.78, 5) is 37.1. The Hall–Kier alpha value is -2.25. The van der Waals surface area contributed by atoms with Crippen molar-refractivity contribution >= 4 is 11.9 Å². The summed E-state index contributed by atoms with van der Waals surface area (Å²) < 4.78 is 5.31. The zero-order valence-corrected chi connectivity index (χ0v) is 22.7. The van der Waals surface area contributed by atoms with Gasteiger partial charge in [-0.2, -0.15) is 0 Å². The summed E-state index contributed by atoms with van der Waals surface area (Å²) in [5, 5.41) is 0. The fourth-order valence-corrected chi connectivity index (χ4v) is 6.59. The van der Waals surface area contributed by atoms with Gasteiger partial charge in [0, 0.05) is 52.2 Å². The molecule has 3 amide bonds. The Morgan fingerprint density at radius 3 is 2.50 bits per heavy atom. The molecular formula is C29H44N4O3. The molecule has 1 aromatic rings. The third kappa shape index (κ3) is 5.52. The topological polar surface area (TPSA) is 66.0 Å². The van der Waals surface area contributed by atoms with E-state index in [0.29, 0.717) is 38.0 Å². The maximum atomic E-state index is 13.7. The Kier molecular flexibility index (Phi) is 8.51. The highest BCUT2D eigenvalue weighted by Crippen LogP contribution is 2.42. The molecule has 1 aromatic heterocycles. The van der Waals surface area contributed by atoms with Crippen LogP contribution in [0.15, 0.2) is 35.7 Å². The number of hydrogen-bond donors (Lipinski definition) is 0. The Balaban J connectivity index is 1.39. The molecule has 0 radical (unpaired) electrons. The number of hydrogen-bond acceptors (Lipinski definition) is 5. The second-order valence-electron chi connectivity index (χ2n) is 11.5. The van der Waals surface area contributed by atoms with Crippen LogP contribution in [0.25, 0.3) is 0 Å². The Bertz CT molecular complexity index is 951. The quantitative estimate of drug-likeness (QED) is 0.348. The van der Waals surface area contributed by atoms with E-state index in [2.05, 4.69) is 30.7 Å². The van der Waals surface area contributed by atoms with Crippen molar-refractivity contribution in [2.75, 3.05) is 46.4 Å². The van der Waals surface area contributed by atoms with Crippen molar-refractivity contribution in [2.24, 2.45) is 5.41 Å². The van der Waals surface area contributed by atoms with E-state index in [1.165, 1.54) is 24.2 Å². The van der Waals surface area contributed by atoms with Gasteiger partial charge in [0.2, 0.25) is 0 Å². The van der Waals surface area contributed by atoms with Gasteiger partial charge in [-0.1, -0.05) is 31.1 Å². The number of nitrogens with zero attached hydrogens (tertiary/aromatic N) is 4. The standard InChI is InChI=1S/C29H44N4O3/c1-23-8-5-12-28(2,3)25(23)11-17-31-18-13-29(14-19-31)26(34)32(27(35)33(29)20-21-36-4)16-7-10-24-9-6-15-30-22-24/h6,9,15,22H,5,7-8,10-14,16-21H2,1-4H3. The summed E-state index contributed by atoms with van der Waals surface area (Å²) in [5.74, 6) is -0.0126. The zero-order chi connectivity index (χ0) is 25.8. The largest absolute Gasteiger partial charge is 0.383 e. The van der Waals surface area contributed by atoms with Crippen molar-refractivity contribution in [2.45, 2.75) is 77.7 Å².